The van der Waals surface area contributed by atoms with Gasteiger partial charge in [-0.3, -0.25) is 4.79 Å². The van der Waals surface area contributed by atoms with E-state index in [-0.39, 0.29) is 6.42 Å². The first kappa shape index (κ1) is 15.4. The van der Waals surface area contributed by atoms with Gasteiger partial charge in [0.25, 0.3) is 0 Å². The second kappa shape index (κ2) is 6.49. The van der Waals surface area contributed by atoms with Crippen molar-refractivity contribution in [2.45, 2.75) is 32.8 Å². The van der Waals surface area contributed by atoms with Crippen LogP contribution in [0.5, 0.6) is 0 Å². The molecule has 0 bridgehead atoms. The van der Waals surface area contributed by atoms with Crippen LogP contribution in [0.4, 0.5) is 22.0 Å². The molecule has 0 saturated heterocycles. The molecule has 0 aliphatic carbocycles. The van der Waals surface area contributed by atoms with Crippen LogP contribution in [-0.4, -0.2) is 5.97 Å². The van der Waals surface area contributed by atoms with Gasteiger partial charge in [0, 0.05) is 6.42 Å². The molecular formula is C12H11F5O2. The fourth-order valence-electron chi connectivity index (χ4n) is 1.32. The van der Waals surface area contributed by atoms with Gasteiger partial charge in [-0.25, -0.2) is 22.0 Å². The van der Waals surface area contributed by atoms with Crippen LogP contribution < -0.4 is 0 Å². The third-order valence-electron chi connectivity index (χ3n) is 2.41. The van der Waals surface area contributed by atoms with Crippen LogP contribution in [0.25, 0.3) is 0 Å². The summed E-state index contributed by atoms with van der Waals surface area (Å²) in [6.07, 6.45) is 1.24. The molecule has 0 N–H and O–H groups in total. The minimum absolute atomic E-state index is 0.0197. The Kier molecular flexibility index (Phi) is 5.26. The zero-order valence-corrected chi connectivity index (χ0v) is 10.0. The topological polar surface area (TPSA) is 26.3 Å². The summed E-state index contributed by atoms with van der Waals surface area (Å²) < 4.78 is 69.2. The number of carbonyl (C=O) groups excluding carboxylic acids is 1. The summed E-state index contributed by atoms with van der Waals surface area (Å²) in [5.74, 6) is -11.1. The molecular weight excluding hydrogens is 271 g/mol. The fraction of sp³-hybridized carbons (Fsp3) is 0.417. The van der Waals surface area contributed by atoms with E-state index in [9.17, 15) is 26.7 Å². The zero-order valence-electron chi connectivity index (χ0n) is 10.0. The van der Waals surface area contributed by atoms with Gasteiger partial charge in [-0.1, -0.05) is 13.3 Å². The number of esters is 1. The van der Waals surface area contributed by atoms with Crippen molar-refractivity contribution in [3.05, 3.63) is 34.6 Å². The minimum Gasteiger partial charge on any atom is -0.461 e. The first-order valence-corrected chi connectivity index (χ1v) is 5.56. The van der Waals surface area contributed by atoms with Crippen LogP contribution in [-0.2, 0) is 16.1 Å². The molecule has 0 fully saturated rings. The van der Waals surface area contributed by atoms with Crippen LogP contribution in [0.1, 0.15) is 31.7 Å². The normalized spacial score (nSPS) is 10.6. The molecule has 7 heteroatoms. The van der Waals surface area contributed by atoms with Gasteiger partial charge in [-0.05, 0) is 6.42 Å². The van der Waals surface area contributed by atoms with Crippen molar-refractivity contribution < 1.29 is 31.5 Å². The summed E-state index contributed by atoms with van der Waals surface area (Å²) >= 11 is 0. The molecule has 0 heterocycles. The number of unbranched alkanes of at least 4 members (excludes halogenated alkanes) is 1. The maximum absolute atomic E-state index is 13.2. The Morgan fingerprint density at radius 3 is 1.89 bits per heavy atom. The second-order valence-electron chi connectivity index (χ2n) is 3.81. The van der Waals surface area contributed by atoms with Crippen molar-refractivity contribution in [1.82, 2.24) is 0 Å². The zero-order chi connectivity index (χ0) is 14.6. The van der Waals surface area contributed by atoms with Crippen LogP contribution in [0.2, 0.25) is 0 Å². The average molecular weight is 282 g/mol. The maximum Gasteiger partial charge on any atom is 0.306 e. The lowest BCUT2D eigenvalue weighted by Gasteiger charge is -2.09. The van der Waals surface area contributed by atoms with E-state index in [0.29, 0.717) is 12.8 Å². The largest absolute Gasteiger partial charge is 0.461 e. The molecule has 0 radical (unpaired) electrons. The quantitative estimate of drug-likeness (QED) is 0.357. The van der Waals surface area contributed by atoms with Gasteiger partial charge in [-0.15, -0.1) is 0 Å². The number of hydrogen-bond donors (Lipinski definition) is 0. The predicted molar refractivity (Wildman–Crippen MR) is 55.6 cm³/mol. The van der Waals surface area contributed by atoms with Gasteiger partial charge in [0.1, 0.15) is 6.61 Å². The van der Waals surface area contributed by atoms with E-state index >= 15 is 0 Å². The molecule has 0 amide bonds. The van der Waals surface area contributed by atoms with Gasteiger partial charge in [0.2, 0.25) is 5.82 Å². The highest BCUT2D eigenvalue weighted by Gasteiger charge is 2.26. The molecule has 0 aromatic heterocycles. The molecule has 0 saturated carbocycles. The first-order chi connectivity index (χ1) is 8.90. The van der Waals surface area contributed by atoms with Gasteiger partial charge < -0.3 is 4.74 Å². The van der Waals surface area contributed by atoms with Gasteiger partial charge in [-0.2, -0.15) is 0 Å². The maximum atomic E-state index is 13.2. The highest BCUT2D eigenvalue weighted by Crippen LogP contribution is 2.23. The van der Waals surface area contributed by atoms with E-state index in [1.165, 1.54) is 0 Å². The Bertz CT molecular complexity index is 458. The minimum atomic E-state index is -2.24. The summed E-state index contributed by atoms with van der Waals surface area (Å²) in [4.78, 5) is 11.1. The lowest BCUT2D eigenvalue weighted by molar-refractivity contribution is -0.145. The molecule has 106 valence electrons. The van der Waals surface area contributed by atoms with E-state index < -0.39 is 47.2 Å². The summed E-state index contributed by atoms with van der Waals surface area (Å²) in [5, 5.41) is 0. The van der Waals surface area contributed by atoms with Crippen LogP contribution in [0, 0.1) is 29.1 Å². The molecule has 0 aliphatic heterocycles. The van der Waals surface area contributed by atoms with Crippen molar-refractivity contribution in [2.75, 3.05) is 0 Å². The lowest BCUT2D eigenvalue weighted by Crippen LogP contribution is -2.11. The van der Waals surface area contributed by atoms with Crippen LogP contribution in [0.3, 0.4) is 0 Å². The molecule has 19 heavy (non-hydrogen) atoms. The van der Waals surface area contributed by atoms with Crippen LogP contribution >= 0.6 is 0 Å². The van der Waals surface area contributed by atoms with Crippen molar-refractivity contribution in [1.29, 1.82) is 0 Å². The number of ether oxygens (including phenoxy) is 1. The van der Waals surface area contributed by atoms with E-state index in [2.05, 4.69) is 4.74 Å². The highest BCUT2D eigenvalue weighted by molar-refractivity contribution is 5.69. The molecule has 1 aromatic carbocycles. The number of carbonyl (C=O) groups is 1. The molecule has 1 rings (SSSR count). The Morgan fingerprint density at radius 2 is 1.42 bits per heavy atom. The van der Waals surface area contributed by atoms with Crippen molar-refractivity contribution in [3.8, 4) is 0 Å². The Hall–Kier alpha value is -1.66. The number of hydrogen-bond acceptors (Lipinski definition) is 2. The molecule has 2 nitrogen and oxygen atoms in total. The fourth-order valence-corrected chi connectivity index (χ4v) is 1.32. The molecule has 0 atom stereocenters. The van der Waals surface area contributed by atoms with Gasteiger partial charge in [0.05, 0.1) is 5.56 Å². The van der Waals surface area contributed by atoms with Crippen LogP contribution in [0.15, 0.2) is 0 Å². The van der Waals surface area contributed by atoms with Crippen molar-refractivity contribution in [3.63, 3.8) is 0 Å². The molecule has 0 spiro atoms. The predicted octanol–water partition coefficient (Wildman–Crippen LogP) is 3.62. The van der Waals surface area contributed by atoms with E-state index in [1.54, 1.807) is 0 Å². The third kappa shape index (κ3) is 3.42. The van der Waals surface area contributed by atoms with E-state index in [4.69, 9.17) is 0 Å². The monoisotopic (exact) mass is 282 g/mol. The summed E-state index contributed by atoms with van der Waals surface area (Å²) in [6, 6.07) is 0. The standard InChI is InChI=1S/C12H11F5O2/c1-2-3-4-7(18)19-5-6-8(13)10(15)12(17)11(16)9(6)14/h2-5H2,1H3. The molecule has 0 aliphatic rings. The highest BCUT2D eigenvalue weighted by atomic mass is 19.2. The summed E-state index contributed by atoms with van der Waals surface area (Å²) in [6.45, 7) is 0.825. The van der Waals surface area contributed by atoms with E-state index in [1.807, 2.05) is 6.92 Å². The Balaban J connectivity index is 2.87. The third-order valence-corrected chi connectivity index (χ3v) is 2.41. The SMILES string of the molecule is CCCCC(=O)OCc1c(F)c(F)c(F)c(F)c1F. The Morgan fingerprint density at radius 1 is 0.947 bits per heavy atom. The van der Waals surface area contributed by atoms with Crippen molar-refractivity contribution in [2.24, 2.45) is 0 Å². The average Bonchev–Trinajstić information content (AvgIpc) is 2.40. The summed E-state index contributed by atoms with van der Waals surface area (Å²) in [5.41, 5.74) is -1.15. The first-order valence-electron chi connectivity index (χ1n) is 5.56. The van der Waals surface area contributed by atoms with E-state index in [0.717, 1.165) is 0 Å². The van der Waals surface area contributed by atoms with Crippen molar-refractivity contribution >= 4 is 5.97 Å². The Labute approximate surface area is 106 Å². The summed E-state index contributed by atoms with van der Waals surface area (Å²) in [7, 11) is 0. The molecule has 0 unspecified atom stereocenters. The molecule has 1 aromatic rings. The lowest BCUT2D eigenvalue weighted by atomic mass is 10.2. The number of rotatable bonds is 5. The number of benzene rings is 1. The smallest absolute Gasteiger partial charge is 0.306 e. The second-order valence-corrected chi connectivity index (χ2v) is 3.81. The van der Waals surface area contributed by atoms with Gasteiger partial charge in [0.15, 0.2) is 23.3 Å². The van der Waals surface area contributed by atoms with Gasteiger partial charge >= 0.3 is 5.97 Å². The number of halogens is 5.